The fourth-order valence-corrected chi connectivity index (χ4v) is 1.59. The molecule has 15 heavy (non-hydrogen) atoms. The van der Waals surface area contributed by atoms with Crippen LogP contribution < -0.4 is 5.32 Å². The molecule has 1 N–H and O–H groups in total. The van der Waals surface area contributed by atoms with Crippen molar-refractivity contribution >= 4 is 21.7 Å². The molecule has 0 atom stereocenters. The summed E-state index contributed by atoms with van der Waals surface area (Å²) in [6.45, 7) is 5.34. The van der Waals surface area contributed by atoms with Crippen LogP contribution in [0.3, 0.4) is 0 Å². The first-order chi connectivity index (χ1) is 7.22. The van der Waals surface area contributed by atoms with Gasteiger partial charge in [0.25, 0.3) is 0 Å². The maximum atomic E-state index is 4.25. The molecule has 0 saturated heterocycles. The molecule has 0 aromatic carbocycles. The van der Waals surface area contributed by atoms with Crippen LogP contribution in [-0.2, 0) is 6.42 Å². The van der Waals surface area contributed by atoms with Gasteiger partial charge >= 0.3 is 0 Å². The third-order valence-electron chi connectivity index (χ3n) is 1.96. The van der Waals surface area contributed by atoms with E-state index in [4.69, 9.17) is 0 Å². The van der Waals surface area contributed by atoms with Gasteiger partial charge in [-0.2, -0.15) is 0 Å². The molecule has 1 heterocycles. The second-order valence-corrected chi connectivity index (χ2v) is 4.75. The summed E-state index contributed by atoms with van der Waals surface area (Å²) in [7, 11) is 0. The number of anilines is 1. The predicted octanol–water partition coefficient (Wildman–Crippen LogP) is 2.87. The average molecular weight is 272 g/mol. The standard InChI is InChI=1S/C11H18BrN3/c1-9(2)6-10-7-11(15-8-14-10)13-5-3-4-12/h7-9H,3-6H2,1-2H3,(H,13,14,15). The van der Waals surface area contributed by atoms with Crippen LogP contribution in [0.2, 0.25) is 0 Å². The SMILES string of the molecule is CC(C)Cc1cc(NCCCBr)ncn1. The Hall–Kier alpha value is -0.640. The smallest absolute Gasteiger partial charge is 0.129 e. The van der Waals surface area contributed by atoms with Crippen LogP contribution in [0.4, 0.5) is 5.82 Å². The molecule has 1 rings (SSSR count). The predicted molar refractivity (Wildman–Crippen MR) is 67.5 cm³/mol. The zero-order valence-corrected chi connectivity index (χ0v) is 10.9. The van der Waals surface area contributed by atoms with E-state index in [0.717, 1.165) is 36.2 Å². The number of nitrogens with zero attached hydrogens (tertiary/aromatic N) is 2. The van der Waals surface area contributed by atoms with Gasteiger partial charge in [-0.15, -0.1) is 0 Å². The Bertz CT molecular complexity index is 289. The number of hydrogen-bond acceptors (Lipinski definition) is 3. The van der Waals surface area contributed by atoms with Gasteiger partial charge in [0.15, 0.2) is 0 Å². The minimum Gasteiger partial charge on any atom is -0.370 e. The van der Waals surface area contributed by atoms with E-state index in [-0.39, 0.29) is 0 Å². The van der Waals surface area contributed by atoms with E-state index in [0.29, 0.717) is 5.92 Å². The first-order valence-electron chi connectivity index (χ1n) is 5.33. The minimum absolute atomic E-state index is 0.635. The lowest BCUT2D eigenvalue weighted by molar-refractivity contribution is 0.634. The maximum absolute atomic E-state index is 4.25. The second-order valence-electron chi connectivity index (χ2n) is 3.96. The van der Waals surface area contributed by atoms with Crippen molar-refractivity contribution < 1.29 is 0 Å². The Labute approximate surface area is 99.8 Å². The third kappa shape index (κ3) is 5.11. The quantitative estimate of drug-likeness (QED) is 0.639. The van der Waals surface area contributed by atoms with Crippen LogP contribution >= 0.6 is 15.9 Å². The van der Waals surface area contributed by atoms with Gasteiger partial charge in [-0.25, -0.2) is 9.97 Å². The van der Waals surface area contributed by atoms with Gasteiger partial charge in [0.05, 0.1) is 0 Å². The lowest BCUT2D eigenvalue weighted by Gasteiger charge is -2.07. The highest BCUT2D eigenvalue weighted by Crippen LogP contribution is 2.08. The molecule has 0 aliphatic carbocycles. The van der Waals surface area contributed by atoms with E-state index in [9.17, 15) is 0 Å². The van der Waals surface area contributed by atoms with Crippen molar-refractivity contribution in [1.82, 2.24) is 9.97 Å². The number of aromatic nitrogens is 2. The topological polar surface area (TPSA) is 37.8 Å². The lowest BCUT2D eigenvalue weighted by Crippen LogP contribution is -2.06. The highest BCUT2D eigenvalue weighted by atomic mass is 79.9. The molecule has 0 fully saturated rings. The molecule has 4 heteroatoms. The Kier molecular flexibility index (Phi) is 5.61. The van der Waals surface area contributed by atoms with Gasteiger partial charge < -0.3 is 5.32 Å². The molecule has 0 unspecified atom stereocenters. The van der Waals surface area contributed by atoms with Gasteiger partial charge in [0, 0.05) is 23.6 Å². The third-order valence-corrected chi connectivity index (χ3v) is 2.52. The fourth-order valence-electron chi connectivity index (χ4n) is 1.31. The summed E-state index contributed by atoms with van der Waals surface area (Å²) in [6, 6.07) is 2.04. The number of nitrogens with one attached hydrogen (secondary N) is 1. The van der Waals surface area contributed by atoms with Crippen molar-refractivity contribution in [1.29, 1.82) is 0 Å². The molecule has 1 aromatic rings. The summed E-state index contributed by atoms with van der Waals surface area (Å²) in [6.07, 6.45) is 3.74. The summed E-state index contributed by atoms with van der Waals surface area (Å²) in [4.78, 5) is 8.43. The molecule has 1 aromatic heterocycles. The van der Waals surface area contributed by atoms with E-state index in [2.05, 4.69) is 45.1 Å². The number of alkyl halides is 1. The van der Waals surface area contributed by atoms with Crippen molar-refractivity contribution in [2.24, 2.45) is 5.92 Å². The van der Waals surface area contributed by atoms with Crippen LogP contribution in [-0.4, -0.2) is 21.8 Å². The second kappa shape index (κ2) is 6.77. The average Bonchev–Trinajstić information content (AvgIpc) is 2.18. The summed E-state index contributed by atoms with van der Waals surface area (Å²) in [5, 5.41) is 4.30. The number of rotatable bonds is 6. The first kappa shape index (κ1) is 12.4. The van der Waals surface area contributed by atoms with Crippen LogP contribution in [0.15, 0.2) is 12.4 Å². The molecular formula is C11H18BrN3. The summed E-state index contributed by atoms with van der Waals surface area (Å²) >= 11 is 3.40. The highest BCUT2D eigenvalue weighted by molar-refractivity contribution is 9.09. The van der Waals surface area contributed by atoms with E-state index in [1.807, 2.05) is 6.07 Å². The zero-order valence-electron chi connectivity index (χ0n) is 9.33. The molecule has 0 spiro atoms. The zero-order chi connectivity index (χ0) is 11.1. The Morgan fingerprint density at radius 2 is 2.20 bits per heavy atom. The Balaban J connectivity index is 2.50. The van der Waals surface area contributed by atoms with Crippen molar-refractivity contribution in [2.45, 2.75) is 26.7 Å². The monoisotopic (exact) mass is 271 g/mol. The van der Waals surface area contributed by atoms with Gasteiger partial charge in [-0.1, -0.05) is 29.8 Å². The molecule has 0 aliphatic heterocycles. The Morgan fingerprint density at radius 1 is 1.40 bits per heavy atom. The van der Waals surface area contributed by atoms with E-state index in [1.165, 1.54) is 0 Å². The molecular weight excluding hydrogens is 254 g/mol. The van der Waals surface area contributed by atoms with Crippen molar-refractivity contribution in [3.63, 3.8) is 0 Å². The van der Waals surface area contributed by atoms with Crippen molar-refractivity contribution in [3.8, 4) is 0 Å². The van der Waals surface area contributed by atoms with Crippen LogP contribution in [0.5, 0.6) is 0 Å². The molecule has 84 valence electrons. The lowest BCUT2D eigenvalue weighted by atomic mass is 10.1. The van der Waals surface area contributed by atoms with Crippen LogP contribution in [0, 0.1) is 5.92 Å². The van der Waals surface area contributed by atoms with E-state index < -0.39 is 0 Å². The molecule has 3 nitrogen and oxygen atoms in total. The fraction of sp³-hybridized carbons (Fsp3) is 0.636. The maximum Gasteiger partial charge on any atom is 0.129 e. The van der Waals surface area contributed by atoms with Gasteiger partial charge in [0.2, 0.25) is 0 Å². The largest absolute Gasteiger partial charge is 0.370 e. The molecule has 0 amide bonds. The van der Waals surface area contributed by atoms with Crippen LogP contribution in [0.1, 0.15) is 26.0 Å². The minimum atomic E-state index is 0.635. The molecule has 0 radical (unpaired) electrons. The molecule has 0 saturated carbocycles. The van der Waals surface area contributed by atoms with Gasteiger partial charge in [-0.05, 0) is 18.8 Å². The van der Waals surface area contributed by atoms with Crippen LogP contribution in [0.25, 0.3) is 0 Å². The van der Waals surface area contributed by atoms with Gasteiger partial charge in [-0.3, -0.25) is 0 Å². The molecule has 0 aliphatic rings. The van der Waals surface area contributed by atoms with E-state index in [1.54, 1.807) is 6.33 Å². The highest BCUT2D eigenvalue weighted by Gasteiger charge is 2.01. The van der Waals surface area contributed by atoms with E-state index >= 15 is 0 Å². The first-order valence-corrected chi connectivity index (χ1v) is 6.45. The van der Waals surface area contributed by atoms with Crippen molar-refractivity contribution in [2.75, 3.05) is 17.2 Å². The molecule has 0 bridgehead atoms. The summed E-state index contributed by atoms with van der Waals surface area (Å²) in [5.74, 6) is 1.57. The summed E-state index contributed by atoms with van der Waals surface area (Å²) < 4.78 is 0. The Morgan fingerprint density at radius 3 is 2.87 bits per heavy atom. The number of halogens is 1. The normalized spacial score (nSPS) is 10.7. The van der Waals surface area contributed by atoms with Gasteiger partial charge in [0.1, 0.15) is 12.1 Å². The van der Waals surface area contributed by atoms with Crippen molar-refractivity contribution in [3.05, 3.63) is 18.1 Å². The number of hydrogen-bond donors (Lipinski definition) is 1. The summed E-state index contributed by atoms with van der Waals surface area (Å²) in [5.41, 5.74) is 1.11.